The van der Waals surface area contributed by atoms with Crippen LogP contribution in [0.1, 0.15) is 43.9 Å². The van der Waals surface area contributed by atoms with E-state index in [-0.39, 0.29) is 5.56 Å². The van der Waals surface area contributed by atoms with Gasteiger partial charge in [-0.05, 0) is 39.0 Å². The van der Waals surface area contributed by atoms with Crippen LogP contribution in [-0.2, 0) is 4.74 Å². The number of aromatic amines is 1. The van der Waals surface area contributed by atoms with Crippen molar-refractivity contribution in [2.45, 2.75) is 57.0 Å². The smallest absolute Gasteiger partial charge is 0.330 e. The van der Waals surface area contributed by atoms with Crippen LogP contribution in [0.25, 0.3) is 0 Å². The van der Waals surface area contributed by atoms with Crippen molar-refractivity contribution in [1.82, 2.24) is 9.55 Å². The number of aliphatic hydroxyl groups is 1. The van der Waals surface area contributed by atoms with Crippen LogP contribution >= 0.6 is 0 Å². The van der Waals surface area contributed by atoms with Gasteiger partial charge in [-0.25, -0.2) is 4.79 Å². The van der Waals surface area contributed by atoms with Crippen molar-refractivity contribution in [2.24, 2.45) is 0 Å². The quantitative estimate of drug-likeness (QED) is 0.772. The van der Waals surface area contributed by atoms with Gasteiger partial charge in [0.15, 0.2) is 0 Å². The van der Waals surface area contributed by atoms with Gasteiger partial charge in [0, 0.05) is 11.8 Å². The molecule has 0 unspecified atom stereocenters. The highest BCUT2D eigenvalue weighted by Crippen LogP contribution is 2.46. The van der Waals surface area contributed by atoms with E-state index in [0.29, 0.717) is 12.0 Å². The van der Waals surface area contributed by atoms with E-state index in [1.54, 1.807) is 6.92 Å². The molecule has 1 aromatic rings. The van der Waals surface area contributed by atoms with E-state index in [9.17, 15) is 14.7 Å². The van der Waals surface area contributed by atoms with Gasteiger partial charge in [0.2, 0.25) is 0 Å². The third-order valence-corrected chi connectivity index (χ3v) is 4.33. The number of aromatic nitrogens is 2. The second-order valence-corrected chi connectivity index (χ2v) is 5.56. The molecule has 0 amide bonds. The van der Waals surface area contributed by atoms with Gasteiger partial charge in [0.25, 0.3) is 5.56 Å². The van der Waals surface area contributed by atoms with Crippen LogP contribution in [0.3, 0.4) is 0 Å². The molecule has 1 aliphatic carbocycles. The van der Waals surface area contributed by atoms with Crippen LogP contribution in [0, 0.1) is 6.92 Å². The molecule has 2 fully saturated rings. The van der Waals surface area contributed by atoms with E-state index in [2.05, 4.69) is 4.98 Å². The van der Waals surface area contributed by atoms with Crippen molar-refractivity contribution in [3.8, 4) is 0 Å². The van der Waals surface area contributed by atoms with E-state index in [4.69, 9.17) is 4.74 Å². The van der Waals surface area contributed by atoms with Gasteiger partial charge in [-0.2, -0.15) is 0 Å². The molecule has 2 N–H and O–H groups in total. The first-order valence-electron chi connectivity index (χ1n) is 6.70. The van der Waals surface area contributed by atoms with Gasteiger partial charge in [-0.1, -0.05) is 0 Å². The van der Waals surface area contributed by atoms with Crippen LogP contribution < -0.4 is 11.2 Å². The highest BCUT2D eigenvalue weighted by molar-refractivity contribution is 5.03. The molecular formula is C13H18N2O4. The molecule has 0 radical (unpaired) electrons. The summed E-state index contributed by atoms with van der Waals surface area (Å²) < 4.78 is 7.40. The first kappa shape index (κ1) is 12.6. The minimum Gasteiger partial charge on any atom is -0.390 e. The van der Waals surface area contributed by atoms with Gasteiger partial charge < -0.3 is 9.84 Å². The Morgan fingerprint density at radius 1 is 1.42 bits per heavy atom. The topological polar surface area (TPSA) is 84.3 Å². The van der Waals surface area contributed by atoms with Crippen molar-refractivity contribution in [3.05, 3.63) is 32.6 Å². The fraction of sp³-hybridized carbons (Fsp3) is 0.692. The summed E-state index contributed by atoms with van der Waals surface area (Å²) in [5, 5.41) is 10.0. The van der Waals surface area contributed by atoms with Crippen molar-refractivity contribution >= 4 is 0 Å². The van der Waals surface area contributed by atoms with E-state index in [1.165, 1.54) is 10.8 Å². The number of hydrogen-bond acceptors (Lipinski definition) is 4. The Bertz CT molecular complexity index is 605. The number of aliphatic hydroxyl groups excluding tert-OH is 1. The highest BCUT2D eigenvalue weighted by Gasteiger charge is 2.49. The van der Waals surface area contributed by atoms with Crippen LogP contribution in [-0.4, -0.2) is 26.4 Å². The zero-order valence-electron chi connectivity index (χ0n) is 10.9. The summed E-state index contributed by atoms with van der Waals surface area (Å²) >= 11 is 0. The fourth-order valence-corrected chi connectivity index (χ4v) is 3.21. The SMILES string of the molecule is Cc1cn([C@H]2CC[C@]3(CCC[C@@H]3O)O2)c(=O)[nH]c1=O. The second kappa shape index (κ2) is 4.31. The normalized spacial score (nSPS) is 34.2. The van der Waals surface area contributed by atoms with Gasteiger partial charge in [-0.15, -0.1) is 0 Å². The predicted molar refractivity (Wildman–Crippen MR) is 68.0 cm³/mol. The summed E-state index contributed by atoms with van der Waals surface area (Å²) in [6.07, 6.45) is 4.67. The monoisotopic (exact) mass is 266 g/mol. The summed E-state index contributed by atoms with van der Waals surface area (Å²) in [5.74, 6) is 0. The average molecular weight is 266 g/mol. The summed E-state index contributed by atoms with van der Waals surface area (Å²) in [4.78, 5) is 25.5. The van der Waals surface area contributed by atoms with E-state index < -0.39 is 23.6 Å². The molecule has 3 rings (SSSR count). The van der Waals surface area contributed by atoms with Gasteiger partial charge >= 0.3 is 5.69 Å². The first-order valence-corrected chi connectivity index (χ1v) is 6.70. The lowest BCUT2D eigenvalue weighted by Gasteiger charge is -2.28. The molecule has 1 aromatic heterocycles. The third-order valence-electron chi connectivity index (χ3n) is 4.33. The summed E-state index contributed by atoms with van der Waals surface area (Å²) in [6, 6.07) is 0. The number of rotatable bonds is 1. The number of nitrogens with zero attached hydrogens (tertiary/aromatic N) is 1. The standard InChI is InChI=1S/C13H18N2O4/c1-8-7-15(12(18)14-11(8)17)10-4-6-13(19-10)5-2-3-9(13)16/h7,9-10,16H,2-6H2,1H3,(H,14,17,18)/t9-,10+,13-/m0/s1. The molecule has 19 heavy (non-hydrogen) atoms. The maximum Gasteiger partial charge on any atom is 0.330 e. The number of nitrogens with one attached hydrogen (secondary N) is 1. The number of aryl methyl sites for hydroxylation is 1. The molecule has 1 saturated carbocycles. The molecule has 3 atom stereocenters. The molecular weight excluding hydrogens is 248 g/mol. The average Bonchev–Trinajstić information content (AvgIpc) is 2.94. The number of hydrogen-bond donors (Lipinski definition) is 2. The number of ether oxygens (including phenoxy) is 1. The Morgan fingerprint density at radius 2 is 2.21 bits per heavy atom. The molecule has 2 aliphatic rings. The molecule has 6 nitrogen and oxygen atoms in total. The molecule has 0 aromatic carbocycles. The maximum absolute atomic E-state index is 11.8. The lowest BCUT2D eigenvalue weighted by Crippen LogP contribution is -2.39. The lowest BCUT2D eigenvalue weighted by atomic mass is 9.96. The van der Waals surface area contributed by atoms with E-state index >= 15 is 0 Å². The highest BCUT2D eigenvalue weighted by atomic mass is 16.5. The molecule has 2 heterocycles. The molecule has 1 saturated heterocycles. The fourth-order valence-electron chi connectivity index (χ4n) is 3.21. The van der Waals surface area contributed by atoms with Crippen molar-refractivity contribution in [3.63, 3.8) is 0 Å². The molecule has 1 spiro atoms. The maximum atomic E-state index is 11.8. The minimum absolute atomic E-state index is 0.366. The summed E-state index contributed by atoms with van der Waals surface area (Å²) in [7, 11) is 0. The lowest BCUT2D eigenvalue weighted by molar-refractivity contribution is -0.121. The Hall–Kier alpha value is -1.40. The summed E-state index contributed by atoms with van der Waals surface area (Å²) in [6.45, 7) is 1.66. The zero-order valence-corrected chi connectivity index (χ0v) is 10.9. The van der Waals surface area contributed by atoms with Crippen LogP contribution in [0.15, 0.2) is 15.8 Å². The van der Waals surface area contributed by atoms with Crippen LogP contribution in [0.2, 0.25) is 0 Å². The third kappa shape index (κ3) is 1.95. The summed E-state index contributed by atoms with van der Waals surface area (Å²) in [5.41, 5.74) is -0.829. The second-order valence-electron chi connectivity index (χ2n) is 5.56. The van der Waals surface area contributed by atoms with E-state index in [0.717, 1.165) is 25.7 Å². The van der Waals surface area contributed by atoms with Crippen molar-refractivity contribution < 1.29 is 9.84 Å². The molecule has 1 aliphatic heterocycles. The van der Waals surface area contributed by atoms with Gasteiger partial charge in [-0.3, -0.25) is 14.3 Å². The Morgan fingerprint density at radius 3 is 2.89 bits per heavy atom. The van der Waals surface area contributed by atoms with Crippen molar-refractivity contribution in [1.29, 1.82) is 0 Å². The van der Waals surface area contributed by atoms with Crippen molar-refractivity contribution in [2.75, 3.05) is 0 Å². The Balaban J connectivity index is 1.91. The minimum atomic E-state index is -0.492. The molecule has 6 heteroatoms. The van der Waals surface area contributed by atoms with Gasteiger partial charge in [0.05, 0.1) is 11.7 Å². The van der Waals surface area contributed by atoms with Gasteiger partial charge in [0.1, 0.15) is 6.23 Å². The zero-order chi connectivity index (χ0) is 13.6. The Labute approximate surface area is 110 Å². The molecule has 104 valence electrons. The first-order chi connectivity index (χ1) is 9.02. The number of H-pyrrole nitrogens is 1. The molecule has 0 bridgehead atoms. The van der Waals surface area contributed by atoms with Crippen LogP contribution in [0.5, 0.6) is 0 Å². The largest absolute Gasteiger partial charge is 0.390 e. The van der Waals surface area contributed by atoms with Crippen LogP contribution in [0.4, 0.5) is 0 Å². The Kier molecular flexibility index (Phi) is 2.87. The predicted octanol–water partition coefficient (Wildman–Crippen LogP) is 0.438. The van der Waals surface area contributed by atoms with E-state index in [1.807, 2.05) is 0 Å².